The summed E-state index contributed by atoms with van der Waals surface area (Å²) in [4.78, 5) is 14.0. The number of carbonyl (C=O) groups excluding carboxylic acids is 1. The molecule has 0 aliphatic heterocycles. The van der Waals surface area contributed by atoms with Gasteiger partial charge in [-0.1, -0.05) is 34.6 Å². The molecule has 102 valence electrons. The lowest BCUT2D eigenvalue weighted by Crippen LogP contribution is -2.51. The maximum atomic E-state index is 11.9. The number of carbonyl (C=O) groups is 1. The van der Waals surface area contributed by atoms with Gasteiger partial charge in [0.05, 0.1) is 6.04 Å². The van der Waals surface area contributed by atoms with E-state index in [4.69, 9.17) is 5.73 Å². The number of nitrogens with two attached hydrogens (primary N) is 1. The summed E-state index contributed by atoms with van der Waals surface area (Å²) in [5.74, 6) is -0.0654. The van der Waals surface area contributed by atoms with E-state index in [0.29, 0.717) is 6.54 Å². The minimum atomic E-state index is -0.461. The third-order valence-corrected chi connectivity index (χ3v) is 2.70. The van der Waals surface area contributed by atoms with Crippen molar-refractivity contribution < 1.29 is 4.79 Å². The molecule has 1 amide bonds. The van der Waals surface area contributed by atoms with Crippen molar-refractivity contribution in [1.29, 1.82) is 0 Å². The highest BCUT2D eigenvalue weighted by Crippen LogP contribution is 2.18. The van der Waals surface area contributed by atoms with Crippen molar-refractivity contribution in [3.05, 3.63) is 0 Å². The van der Waals surface area contributed by atoms with E-state index in [2.05, 4.69) is 24.1 Å². The molecule has 3 N–H and O–H groups in total. The first kappa shape index (κ1) is 16.4. The highest BCUT2D eigenvalue weighted by Gasteiger charge is 2.28. The second kappa shape index (κ2) is 5.83. The molecule has 0 aromatic carbocycles. The molecule has 4 nitrogen and oxygen atoms in total. The van der Waals surface area contributed by atoms with Gasteiger partial charge in [0.2, 0.25) is 5.91 Å². The van der Waals surface area contributed by atoms with Crippen LogP contribution in [0.25, 0.3) is 0 Å². The van der Waals surface area contributed by atoms with E-state index in [1.807, 2.05) is 34.9 Å². The summed E-state index contributed by atoms with van der Waals surface area (Å²) in [6, 6.07) is -0.461. The number of amides is 1. The van der Waals surface area contributed by atoms with Crippen LogP contribution in [0.3, 0.4) is 0 Å². The lowest BCUT2D eigenvalue weighted by Gasteiger charge is -2.31. The number of rotatable bonds is 5. The highest BCUT2D eigenvalue weighted by atomic mass is 16.2. The number of nitrogens with one attached hydrogen (secondary N) is 1. The second-order valence-electron chi connectivity index (χ2n) is 6.96. The van der Waals surface area contributed by atoms with Gasteiger partial charge in [0.25, 0.3) is 0 Å². The van der Waals surface area contributed by atoms with Crippen molar-refractivity contribution in [2.45, 2.75) is 40.7 Å². The SMILES string of the molecule is CN(C)CC(C)(C)CNC(=O)[C@H](N)C(C)(C)C. The van der Waals surface area contributed by atoms with Crippen LogP contribution in [-0.2, 0) is 4.79 Å². The Hall–Kier alpha value is -0.610. The van der Waals surface area contributed by atoms with Crippen molar-refractivity contribution in [3.8, 4) is 0 Å². The molecule has 0 radical (unpaired) electrons. The molecule has 0 saturated carbocycles. The fraction of sp³-hybridized carbons (Fsp3) is 0.923. The van der Waals surface area contributed by atoms with Crippen molar-refractivity contribution >= 4 is 5.91 Å². The summed E-state index contributed by atoms with van der Waals surface area (Å²) in [6.07, 6.45) is 0. The number of nitrogens with zero attached hydrogens (tertiary/aromatic N) is 1. The molecule has 0 spiro atoms. The summed E-state index contributed by atoms with van der Waals surface area (Å²) >= 11 is 0. The van der Waals surface area contributed by atoms with Gasteiger partial charge in [-0.25, -0.2) is 0 Å². The Morgan fingerprint density at radius 1 is 1.24 bits per heavy atom. The summed E-state index contributed by atoms with van der Waals surface area (Å²) < 4.78 is 0. The van der Waals surface area contributed by atoms with Crippen molar-refractivity contribution in [1.82, 2.24) is 10.2 Å². The predicted octanol–water partition coefficient (Wildman–Crippen LogP) is 1.06. The van der Waals surface area contributed by atoms with Crippen molar-refractivity contribution in [2.75, 3.05) is 27.2 Å². The number of hydrogen-bond donors (Lipinski definition) is 2. The monoisotopic (exact) mass is 243 g/mol. The van der Waals surface area contributed by atoms with Crippen molar-refractivity contribution in [2.24, 2.45) is 16.6 Å². The molecular weight excluding hydrogens is 214 g/mol. The van der Waals surface area contributed by atoms with Crippen LogP contribution in [-0.4, -0.2) is 44.0 Å². The van der Waals surface area contributed by atoms with Crippen molar-refractivity contribution in [3.63, 3.8) is 0 Å². The van der Waals surface area contributed by atoms with Crippen LogP contribution in [0.5, 0.6) is 0 Å². The zero-order valence-corrected chi connectivity index (χ0v) is 12.4. The molecule has 0 fully saturated rings. The smallest absolute Gasteiger partial charge is 0.237 e. The summed E-state index contributed by atoms with van der Waals surface area (Å²) in [7, 11) is 4.06. The molecule has 0 aliphatic carbocycles. The zero-order valence-electron chi connectivity index (χ0n) is 12.4. The van der Waals surface area contributed by atoms with Gasteiger partial charge >= 0.3 is 0 Å². The Bertz CT molecular complexity index is 254. The fourth-order valence-electron chi connectivity index (χ4n) is 1.74. The summed E-state index contributed by atoms with van der Waals surface area (Å²) in [5.41, 5.74) is 5.76. The maximum Gasteiger partial charge on any atom is 0.237 e. The van der Waals surface area contributed by atoms with E-state index in [1.54, 1.807) is 0 Å². The molecule has 0 heterocycles. The van der Waals surface area contributed by atoms with Gasteiger partial charge < -0.3 is 16.0 Å². The molecule has 0 aromatic rings. The van der Waals surface area contributed by atoms with Gasteiger partial charge in [0, 0.05) is 13.1 Å². The standard InChI is InChI=1S/C13H29N3O/c1-12(2,3)10(14)11(17)15-8-13(4,5)9-16(6)7/h10H,8-9,14H2,1-7H3,(H,15,17)/t10-/m0/s1. The molecular formula is C13H29N3O. The molecule has 0 aromatic heterocycles. The van der Waals surface area contributed by atoms with E-state index in [0.717, 1.165) is 6.54 Å². The molecule has 0 unspecified atom stereocenters. The third kappa shape index (κ3) is 6.64. The van der Waals surface area contributed by atoms with E-state index in [9.17, 15) is 4.79 Å². The van der Waals surface area contributed by atoms with Gasteiger partial charge in [0.15, 0.2) is 0 Å². The Kier molecular flexibility index (Phi) is 5.62. The second-order valence-corrected chi connectivity index (χ2v) is 6.96. The third-order valence-electron chi connectivity index (χ3n) is 2.70. The summed E-state index contributed by atoms with van der Waals surface area (Å²) in [5, 5.41) is 2.94. The first-order valence-electron chi connectivity index (χ1n) is 6.14. The topological polar surface area (TPSA) is 58.4 Å². The van der Waals surface area contributed by atoms with Crippen LogP contribution in [0, 0.1) is 10.8 Å². The fourth-order valence-corrected chi connectivity index (χ4v) is 1.74. The van der Waals surface area contributed by atoms with Crippen LogP contribution in [0.1, 0.15) is 34.6 Å². The lowest BCUT2D eigenvalue weighted by atomic mass is 9.86. The minimum absolute atomic E-state index is 0.0523. The van der Waals surface area contributed by atoms with E-state index in [1.165, 1.54) is 0 Å². The predicted molar refractivity (Wildman–Crippen MR) is 72.8 cm³/mol. The minimum Gasteiger partial charge on any atom is -0.354 e. The van der Waals surface area contributed by atoms with Gasteiger partial charge in [-0.05, 0) is 24.9 Å². The molecule has 17 heavy (non-hydrogen) atoms. The van der Waals surface area contributed by atoms with Gasteiger partial charge in [-0.3, -0.25) is 4.79 Å². The maximum absolute atomic E-state index is 11.9. The molecule has 0 saturated heterocycles. The Morgan fingerprint density at radius 3 is 2.06 bits per heavy atom. The van der Waals surface area contributed by atoms with E-state index in [-0.39, 0.29) is 16.7 Å². The van der Waals surface area contributed by atoms with Crippen LogP contribution in [0.15, 0.2) is 0 Å². The largest absolute Gasteiger partial charge is 0.354 e. The molecule has 1 atom stereocenters. The lowest BCUT2D eigenvalue weighted by molar-refractivity contribution is -0.125. The van der Waals surface area contributed by atoms with Crippen LogP contribution in [0.4, 0.5) is 0 Å². The Labute approximate surface area is 106 Å². The first-order chi connectivity index (χ1) is 7.46. The Balaban J connectivity index is 4.25. The zero-order chi connectivity index (χ0) is 13.9. The highest BCUT2D eigenvalue weighted by molar-refractivity contribution is 5.82. The van der Waals surface area contributed by atoms with Crippen LogP contribution in [0.2, 0.25) is 0 Å². The van der Waals surface area contributed by atoms with Crippen LogP contribution >= 0.6 is 0 Å². The van der Waals surface area contributed by atoms with E-state index >= 15 is 0 Å². The van der Waals surface area contributed by atoms with E-state index < -0.39 is 6.04 Å². The molecule has 0 aliphatic rings. The van der Waals surface area contributed by atoms with Gasteiger partial charge in [0.1, 0.15) is 0 Å². The molecule has 0 rings (SSSR count). The van der Waals surface area contributed by atoms with Gasteiger partial charge in [-0.15, -0.1) is 0 Å². The van der Waals surface area contributed by atoms with Gasteiger partial charge in [-0.2, -0.15) is 0 Å². The summed E-state index contributed by atoms with van der Waals surface area (Å²) in [6.45, 7) is 11.8. The average molecular weight is 243 g/mol. The molecule has 4 heteroatoms. The van der Waals surface area contributed by atoms with Crippen LogP contribution < -0.4 is 11.1 Å². The average Bonchev–Trinajstić information content (AvgIpc) is 2.09. The first-order valence-corrected chi connectivity index (χ1v) is 6.14. The quantitative estimate of drug-likeness (QED) is 0.759. The number of hydrogen-bond acceptors (Lipinski definition) is 3. The Morgan fingerprint density at radius 2 is 1.71 bits per heavy atom. The molecule has 0 bridgehead atoms. The normalized spacial score (nSPS) is 14.9.